The Bertz CT molecular complexity index is 519. The molecule has 0 amide bonds. The summed E-state index contributed by atoms with van der Waals surface area (Å²) >= 11 is 3.35. The third-order valence-corrected chi connectivity index (χ3v) is 5.59. The fourth-order valence-electron chi connectivity index (χ4n) is 2.23. The Balaban J connectivity index is 2.25. The summed E-state index contributed by atoms with van der Waals surface area (Å²) in [5, 5.41) is 0.721. The summed E-state index contributed by atoms with van der Waals surface area (Å²) in [5.41, 5.74) is 1.06. The molecule has 106 valence electrons. The molecular formula is C13H18BrNO3S. The SMILES string of the molecule is C[C@@H]1CN(S(=O)(=O)c2ccc(CBr)cc2)C[C@H](C)O1. The van der Waals surface area contributed by atoms with E-state index in [0.717, 1.165) is 10.9 Å². The van der Waals surface area contributed by atoms with E-state index in [9.17, 15) is 8.42 Å². The van der Waals surface area contributed by atoms with Gasteiger partial charge in [-0.1, -0.05) is 28.1 Å². The molecule has 1 heterocycles. The van der Waals surface area contributed by atoms with Crippen LogP contribution in [0.2, 0.25) is 0 Å². The molecule has 2 rings (SSSR count). The second-order valence-electron chi connectivity index (χ2n) is 4.86. The van der Waals surface area contributed by atoms with Gasteiger partial charge in [-0.3, -0.25) is 0 Å². The first-order valence-corrected chi connectivity index (χ1v) is 8.80. The highest BCUT2D eigenvalue weighted by molar-refractivity contribution is 9.08. The van der Waals surface area contributed by atoms with Gasteiger partial charge < -0.3 is 4.74 Å². The molecule has 1 fully saturated rings. The quantitative estimate of drug-likeness (QED) is 0.788. The lowest BCUT2D eigenvalue weighted by atomic mass is 10.2. The number of rotatable bonds is 3. The van der Waals surface area contributed by atoms with Gasteiger partial charge in [0.15, 0.2) is 0 Å². The van der Waals surface area contributed by atoms with Crippen molar-refractivity contribution in [3.05, 3.63) is 29.8 Å². The molecule has 0 aliphatic carbocycles. The van der Waals surface area contributed by atoms with E-state index in [2.05, 4.69) is 15.9 Å². The van der Waals surface area contributed by atoms with E-state index >= 15 is 0 Å². The van der Waals surface area contributed by atoms with Crippen LogP contribution < -0.4 is 0 Å². The molecule has 0 unspecified atom stereocenters. The molecule has 1 aromatic rings. The molecule has 1 aromatic carbocycles. The first-order chi connectivity index (χ1) is 8.93. The molecule has 4 nitrogen and oxygen atoms in total. The molecular weight excluding hydrogens is 330 g/mol. The van der Waals surface area contributed by atoms with Gasteiger partial charge in [0.1, 0.15) is 0 Å². The van der Waals surface area contributed by atoms with E-state index in [1.807, 2.05) is 26.0 Å². The summed E-state index contributed by atoms with van der Waals surface area (Å²) < 4.78 is 32.2. The van der Waals surface area contributed by atoms with Crippen molar-refractivity contribution in [3.63, 3.8) is 0 Å². The number of alkyl halides is 1. The molecule has 1 aliphatic heterocycles. The van der Waals surface area contributed by atoms with Crippen LogP contribution in [0.4, 0.5) is 0 Å². The summed E-state index contributed by atoms with van der Waals surface area (Å²) in [4.78, 5) is 0.346. The molecule has 0 bridgehead atoms. The predicted molar refractivity (Wildman–Crippen MR) is 77.8 cm³/mol. The number of sulfonamides is 1. The maximum atomic E-state index is 12.5. The summed E-state index contributed by atoms with van der Waals surface area (Å²) in [6.45, 7) is 4.61. The lowest BCUT2D eigenvalue weighted by Crippen LogP contribution is -2.48. The van der Waals surface area contributed by atoms with E-state index in [4.69, 9.17) is 4.74 Å². The van der Waals surface area contributed by atoms with Gasteiger partial charge in [0.25, 0.3) is 0 Å². The van der Waals surface area contributed by atoms with E-state index < -0.39 is 10.0 Å². The van der Waals surface area contributed by atoms with Crippen molar-refractivity contribution in [1.29, 1.82) is 0 Å². The minimum Gasteiger partial charge on any atom is -0.373 e. The van der Waals surface area contributed by atoms with Crippen LogP contribution in [-0.2, 0) is 20.1 Å². The van der Waals surface area contributed by atoms with Crippen molar-refractivity contribution in [2.45, 2.75) is 36.3 Å². The van der Waals surface area contributed by atoms with Crippen LogP contribution in [-0.4, -0.2) is 38.0 Å². The molecule has 2 atom stereocenters. The van der Waals surface area contributed by atoms with Crippen LogP contribution in [0.3, 0.4) is 0 Å². The van der Waals surface area contributed by atoms with E-state index in [1.54, 1.807) is 12.1 Å². The van der Waals surface area contributed by atoms with Gasteiger partial charge in [0, 0.05) is 18.4 Å². The first-order valence-electron chi connectivity index (χ1n) is 6.24. The fraction of sp³-hybridized carbons (Fsp3) is 0.538. The smallest absolute Gasteiger partial charge is 0.243 e. The van der Waals surface area contributed by atoms with Gasteiger partial charge >= 0.3 is 0 Å². The second kappa shape index (κ2) is 5.91. The lowest BCUT2D eigenvalue weighted by molar-refractivity contribution is -0.0440. The van der Waals surface area contributed by atoms with Gasteiger partial charge in [0.2, 0.25) is 10.0 Å². The Morgan fingerprint density at radius 2 is 1.74 bits per heavy atom. The molecule has 6 heteroatoms. The minimum absolute atomic E-state index is 0.0691. The van der Waals surface area contributed by atoms with Gasteiger partial charge in [-0.05, 0) is 31.5 Å². The molecule has 19 heavy (non-hydrogen) atoms. The van der Waals surface area contributed by atoms with Crippen molar-refractivity contribution in [1.82, 2.24) is 4.31 Å². The Morgan fingerprint density at radius 3 is 2.21 bits per heavy atom. The molecule has 0 saturated carbocycles. The van der Waals surface area contributed by atoms with Crippen LogP contribution >= 0.6 is 15.9 Å². The molecule has 0 radical (unpaired) electrons. The second-order valence-corrected chi connectivity index (χ2v) is 7.36. The highest BCUT2D eigenvalue weighted by atomic mass is 79.9. The summed E-state index contributed by atoms with van der Waals surface area (Å²) in [7, 11) is -3.41. The zero-order chi connectivity index (χ0) is 14.0. The van der Waals surface area contributed by atoms with E-state index in [0.29, 0.717) is 18.0 Å². The fourth-order valence-corrected chi connectivity index (χ4v) is 4.19. The van der Waals surface area contributed by atoms with Crippen LogP contribution in [0, 0.1) is 0 Å². The van der Waals surface area contributed by atoms with E-state index in [1.165, 1.54) is 4.31 Å². The van der Waals surface area contributed by atoms with Crippen LogP contribution in [0.5, 0.6) is 0 Å². The number of hydrogen-bond donors (Lipinski definition) is 0. The Hall–Kier alpha value is -0.430. The predicted octanol–water partition coefficient (Wildman–Crippen LogP) is 2.38. The summed E-state index contributed by atoms with van der Waals surface area (Å²) in [5.74, 6) is 0. The monoisotopic (exact) mass is 347 g/mol. The summed E-state index contributed by atoms with van der Waals surface area (Å²) in [6.07, 6.45) is -0.138. The van der Waals surface area contributed by atoms with E-state index in [-0.39, 0.29) is 12.2 Å². The van der Waals surface area contributed by atoms with Crippen molar-refractivity contribution < 1.29 is 13.2 Å². The third kappa shape index (κ3) is 3.37. The van der Waals surface area contributed by atoms with Crippen molar-refractivity contribution in [2.24, 2.45) is 0 Å². The Kier molecular flexibility index (Phi) is 4.66. The van der Waals surface area contributed by atoms with Gasteiger partial charge in [0.05, 0.1) is 17.1 Å². The lowest BCUT2D eigenvalue weighted by Gasteiger charge is -2.34. The van der Waals surface area contributed by atoms with Crippen LogP contribution in [0.25, 0.3) is 0 Å². The van der Waals surface area contributed by atoms with Crippen molar-refractivity contribution >= 4 is 26.0 Å². The number of halogens is 1. The largest absolute Gasteiger partial charge is 0.373 e. The molecule has 0 spiro atoms. The number of morpholine rings is 1. The highest BCUT2D eigenvalue weighted by Gasteiger charge is 2.31. The normalized spacial score (nSPS) is 25.4. The molecule has 1 saturated heterocycles. The zero-order valence-corrected chi connectivity index (χ0v) is 13.4. The zero-order valence-electron chi connectivity index (χ0n) is 11.0. The number of ether oxygens (including phenoxy) is 1. The topological polar surface area (TPSA) is 46.6 Å². The molecule has 0 N–H and O–H groups in total. The standard InChI is InChI=1S/C13H18BrNO3S/c1-10-8-15(9-11(2)18-10)19(16,17)13-5-3-12(7-14)4-6-13/h3-6,10-11H,7-9H2,1-2H3/t10-,11+. The van der Waals surface area contributed by atoms with Crippen molar-refractivity contribution in [2.75, 3.05) is 13.1 Å². The van der Waals surface area contributed by atoms with Crippen molar-refractivity contribution in [3.8, 4) is 0 Å². The van der Waals surface area contributed by atoms with Gasteiger partial charge in [-0.25, -0.2) is 8.42 Å². The average molecular weight is 348 g/mol. The average Bonchev–Trinajstić information content (AvgIpc) is 2.37. The minimum atomic E-state index is -3.41. The number of hydrogen-bond acceptors (Lipinski definition) is 3. The Labute approximate surface area is 122 Å². The van der Waals surface area contributed by atoms with Crippen LogP contribution in [0.1, 0.15) is 19.4 Å². The van der Waals surface area contributed by atoms with Crippen LogP contribution in [0.15, 0.2) is 29.2 Å². The number of nitrogens with zero attached hydrogens (tertiary/aromatic N) is 1. The summed E-state index contributed by atoms with van der Waals surface area (Å²) in [6, 6.07) is 6.98. The molecule has 0 aromatic heterocycles. The van der Waals surface area contributed by atoms with Gasteiger partial charge in [-0.15, -0.1) is 0 Å². The Morgan fingerprint density at radius 1 is 1.21 bits per heavy atom. The maximum Gasteiger partial charge on any atom is 0.243 e. The first kappa shape index (κ1) is 15.0. The van der Waals surface area contributed by atoms with Gasteiger partial charge in [-0.2, -0.15) is 4.31 Å². The third-order valence-electron chi connectivity index (χ3n) is 3.10. The molecule has 1 aliphatic rings. The highest BCUT2D eigenvalue weighted by Crippen LogP contribution is 2.21. The maximum absolute atomic E-state index is 12.5. The number of benzene rings is 1.